The molecule has 0 aromatic heterocycles. The smallest absolute Gasteiger partial charge is 0.0780 e. The van der Waals surface area contributed by atoms with Crippen LogP contribution in [0.2, 0.25) is 0 Å². The quantitative estimate of drug-likeness (QED) is 0.397. The van der Waals surface area contributed by atoms with Gasteiger partial charge in [0.05, 0.1) is 12.7 Å². The second-order valence-electron chi connectivity index (χ2n) is 4.30. The summed E-state index contributed by atoms with van der Waals surface area (Å²) >= 11 is 3.45. The monoisotopic (exact) mass is 294 g/mol. The lowest BCUT2D eigenvalue weighted by Gasteiger charge is -2.11. The van der Waals surface area contributed by atoms with Crippen molar-refractivity contribution < 1.29 is 9.47 Å². The van der Waals surface area contributed by atoms with E-state index >= 15 is 0 Å². The number of methoxy groups -OCH3 is 1. The largest absolute Gasteiger partial charge is 0.382 e. The molecule has 0 aliphatic heterocycles. The number of hydrogen-bond donors (Lipinski definition) is 0. The zero-order chi connectivity index (χ0) is 12.1. The fraction of sp³-hybridized carbons (Fsp3) is 1.00. The predicted octanol–water partition coefficient (Wildman–Crippen LogP) is 4.16. The van der Waals surface area contributed by atoms with Crippen molar-refractivity contribution in [3.05, 3.63) is 0 Å². The Balaban J connectivity index is 2.98. The van der Waals surface area contributed by atoms with E-state index < -0.39 is 0 Å². The molecular formula is C13H27BrO2. The summed E-state index contributed by atoms with van der Waals surface area (Å²) in [5, 5.41) is 1.15. The zero-order valence-electron chi connectivity index (χ0n) is 10.8. The van der Waals surface area contributed by atoms with Crippen LogP contribution < -0.4 is 0 Å². The Morgan fingerprint density at radius 3 is 2.06 bits per heavy atom. The number of hydrogen-bond acceptors (Lipinski definition) is 2. The highest BCUT2D eigenvalue weighted by molar-refractivity contribution is 9.09. The van der Waals surface area contributed by atoms with Gasteiger partial charge in [0.15, 0.2) is 0 Å². The molecule has 0 aromatic rings. The van der Waals surface area contributed by atoms with Crippen LogP contribution in [0.3, 0.4) is 0 Å². The molecule has 3 heteroatoms. The summed E-state index contributed by atoms with van der Waals surface area (Å²) in [6, 6.07) is 0. The first-order valence-electron chi connectivity index (χ1n) is 6.47. The van der Waals surface area contributed by atoms with Gasteiger partial charge in [-0.25, -0.2) is 0 Å². The molecule has 0 aliphatic carbocycles. The third-order valence-electron chi connectivity index (χ3n) is 2.58. The first-order valence-corrected chi connectivity index (χ1v) is 7.60. The minimum atomic E-state index is 0.240. The number of alkyl halides is 1. The lowest BCUT2D eigenvalue weighted by atomic mass is 10.1. The average Bonchev–Trinajstić information content (AvgIpc) is 2.27. The second-order valence-corrected chi connectivity index (χ2v) is 5.09. The fourth-order valence-electron chi connectivity index (χ4n) is 1.65. The van der Waals surface area contributed by atoms with Gasteiger partial charge in [-0.2, -0.15) is 0 Å². The second kappa shape index (κ2) is 13.5. The average molecular weight is 295 g/mol. The molecule has 0 amide bonds. The first kappa shape index (κ1) is 16.4. The van der Waals surface area contributed by atoms with E-state index in [2.05, 4.69) is 22.9 Å². The normalized spacial score (nSPS) is 12.9. The van der Waals surface area contributed by atoms with E-state index in [1.165, 1.54) is 44.9 Å². The van der Waals surface area contributed by atoms with Crippen molar-refractivity contribution in [2.45, 2.75) is 58.0 Å². The molecule has 0 fully saturated rings. The maximum absolute atomic E-state index is 5.60. The van der Waals surface area contributed by atoms with Crippen LogP contribution in [0.15, 0.2) is 0 Å². The molecule has 0 saturated heterocycles. The van der Waals surface area contributed by atoms with E-state index in [0.29, 0.717) is 6.61 Å². The van der Waals surface area contributed by atoms with Gasteiger partial charge in [-0.15, -0.1) is 0 Å². The molecule has 0 rings (SSSR count). The fourth-order valence-corrected chi connectivity index (χ4v) is 2.04. The molecule has 0 N–H and O–H groups in total. The summed E-state index contributed by atoms with van der Waals surface area (Å²) in [5.41, 5.74) is 0. The molecule has 2 nitrogen and oxygen atoms in total. The molecule has 98 valence electrons. The van der Waals surface area contributed by atoms with Crippen LogP contribution in [-0.2, 0) is 9.47 Å². The van der Waals surface area contributed by atoms with Crippen molar-refractivity contribution in [2.24, 2.45) is 0 Å². The Morgan fingerprint density at radius 2 is 1.50 bits per heavy atom. The Bertz CT molecular complexity index is 131. The summed E-state index contributed by atoms with van der Waals surface area (Å²) in [6.07, 6.45) is 9.52. The number of unbranched alkanes of at least 4 members (excludes halogenated alkanes) is 6. The lowest BCUT2D eigenvalue weighted by Crippen LogP contribution is -2.15. The maximum Gasteiger partial charge on any atom is 0.0780 e. The highest BCUT2D eigenvalue weighted by Gasteiger charge is 1.99. The van der Waals surface area contributed by atoms with Crippen molar-refractivity contribution in [1.82, 2.24) is 0 Å². The minimum absolute atomic E-state index is 0.240. The Hall–Kier alpha value is 0.400. The zero-order valence-corrected chi connectivity index (χ0v) is 12.4. The van der Waals surface area contributed by atoms with E-state index in [-0.39, 0.29) is 6.10 Å². The summed E-state index contributed by atoms with van der Waals surface area (Å²) in [7, 11) is 1.72. The van der Waals surface area contributed by atoms with Crippen LogP contribution in [0, 0.1) is 0 Å². The summed E-state index contributed by atoms with van der Waals surface area (Å²) in [5.74, 6) is 0. The Kier molecular flexibility index (Phi) is 13.8. The van der Waals surface area contributed by atoms with E-state index in [9.17, 15) is 0 Å². The predicted molar refractivity (Wildman–Crippen MR) is 73.4 cm³/mol. The molecule has 0 aliphatic rings. The van der Waals surface area contributed by atoms with Crippen molar-refractivity contribution in [2.75, 3.05) is 25.7 Å². The molecular weight excluding hydrogens is 268 g/mol. The van der Waals surface area contributed by atoms with Crippen molar-refractivity contribution in [3.8, 4) is 0 Å². The van der Waals surface area contributed by atoms with E-state index in [1.54, 1.807) is 7.11 Å². The summed E-state index contributed by atoms with van der Waals surface area (Å²) in [6.45, 7) is 3.64. The van der Waals surface area contributed by atoms with Crippen LogP contribution in [0.5, 0.6) is 0 Å². The molecule has 0 aromatic carbocycles. The third-order valence-corrected chi connectivity index (χ3v) is 3.14. The van der Waals surface area contributed by atoms with E-state index in [1.807, 2.05) is 0 Å². The summed E-state index contributed by atoms with van der Waals surface area (Å²) < 4.78 is 10.6. The molecule has 0 spiro atoms. The number of rotatable bonds is 12. The van der Waals surface area contributed by atoms with Crippen LogP contribution in [0.25, 0.3) is 0 Å². The van der Waals surface area contributed by atoms with Gasteiger partial charge in [-0.05, 0) is 19.8 Å². The van der Waals surface area contributed by atoms with Gasteiger partial charge in [-0.3, -0.25) is 0 Å². The summed E-state index contributed by atoms with van der Waals surface area (Å²) in [4.78, 5) is 0. The molecule has 0 heterocycles. The number of ether oxygens (including phenoxy) is 2. The topological polar surface area (TPSA) is 18.5 Å². The van der Waals surface area contributed by atoms with Gasteiger partial charge >= 0.3 is 0 Å². The van der Waals surface area contributed by atoms with Crippen molar-refractivity contribution >= 4 is 15.9 Å². The highest BCUT2D eigenvalue weighted by atomic mass is 79.9. The van der Waals surface area contributed by atoms with Gasteiger partial charge in [-0.1, -0.05) is 48.0 Å². The van der Waals surface area contributed by atoms with Crippen LogP contribution in [-0.4, -0.2) is 31.8 Å². The van der Waals surface area contributed by atoms with Gasteiger partial charge in [0, 0.05) is 19.0 Å². The maximum atomic E-state index is 5.60. The third kappa shape index (κ3) is 12.5. The Labute approximate surface area is 109 Å². The van der Waals surface area contributed by atoms with Gasteiger partial charge in [0.2, 0.25) is 0 Å². The van der Waals surface area contributed by atoms with Crippen molar-refractivity contribution in [1.29, 1.82) is 0 Å². The van der Waals surface area contributed by atoms with Crippen LogP contribution in [0.4, 0.5) is 0 Å². The van der Waals surface area contributed by atoms with E-state index in [0.717, 1.165) is 11.9 Å². The molecule has 0 radical (unpaired) electrons. The van der Waals surface area contributed by atoms with Crippen LogP contribution >= 0.6 is 15.9 Å². The van der Waals surface area contributed by atoms with Gasteiger partial charge in [0.1, 0.15) is 0 Å². The molecule has 1 unspecified atom stereocenters. The van der Waals surface area contributed by atoms with Crippen molar-refractivity contribution in [3.63, 3.8) is 0 Å². The standard InChI is InChI=1S/C13H27BrO2/c1-13(12-15-2)16-11-9-7-5-3-4-6-8-10-14/h13H,3-12H2,1-2H3. The molecule has 0 bridgehead atoms. The molecule has 1 atom stereocenters. The molecule has 16 heavy (non-hydrogen) atoms. The number of halogens is 1. The van der Waals surface area contributed by atoms with Gasteiger partial charge in [0.25, 0.3) is 0 Å². The van der Waals surface area contributed by atoms with Crippen LogP contribution in [0.1, 0.15) is 51.9 Å². The first-order chi connectivity index (χ1) is 7.81. The molecule has 0 saturated carbocycles. The van der Waals surface area contributed by atoms with E-state index in [4.69, 9.17) is 9.47 Å². The Morgan fingerprint density at radius 1 is 0.938 bits per heavy atom. The highest BCUT2D eigenvalue weighted by Crippen LogP contribution is 2.08. The lowest BCUT2D eigenvalue weighted by molar-refractivity contribution is 0.00763. The van der Waals surface area contributed by atoms with Gasteiger partial charge < -0.3 is 9.47 Å². The minimum Gasteiger partial charge on any atom is -0.382 e. The SMILES string of the molecule is COCC(C)OCCCCCCCCCBr.